The maximum absolute atomic E-state index is 13.9. The Morgan fingerprint density at radius 3 is 0.958 bits per heavy atom. The molecule has 4 aliphatic rings. The van der Waals surface area contributed by atoms with Crippen molar-refractivity contribution in [3.63, 3.8) is 0 Å². The molecule has 0 saturated heterocycles. The smallest absolute Gasteiger partial charge is 1.00 e. The first-order valence-electron chi connectivity index (χ1n) is 38.0. The Labute approximate surface area is 727 Å². The molecule has 2 N–H and O–H groups in total. The van der Waals surface area contributed by atoms with Gasteiger partial charge in [-0.25, -0.2) is 33.7 Å². The standard InChI is InChI=1S/C23H26N2O4S.C22H22N2O5S.C22H22N2O3S.C21H20N2O5S.CH3.BrH.Mg/c1-23(2,26)13-20-16-29-15-19-8-4-3-7-18(19)14-25(20)30(27,28)21-11-5-9-17-10-6-12-24-22(17)21;1-28-21(25)12-19-15-29-14-18-7-3-2-6-17(18)13-24(19)30(26,27)20-10-4-8-16-9-5-11-23-22(16)20;1-2-7-20-16-27-15-19-9-4-3-8-18(19)14-24(20)28(25,26)21-12-5-10-17-11-6-13-23-22(17)21;24-20(25)11-18-14-28-13-17-6-2-1-5-16(17)12-23(18)29(26,27)19-9-3-7-15-8-4-10-22-21(15)19;;;/h3-12,20,26H,13-16H2,1-2H3;2-11,19H,12-15H2,1H3;2-6,8-13,20H,1,7,14-16H2;1-10,18H,11-14H2,(H,24,25);1H3;1H;/q;;;;-1;;+2/p-1/t20-;19-;20-;18-;;;/m1111.../s1. The Bertz CT molecular complexity index is 6070. The molecule has 120 heavy (non-hydrogen) atoms. The molecule has 8 heterocycles. The molecule has 0 fully saturated rings. The summed E-state index contributed by atoms with van der Waals surface area (Å²) in [6.45, 7) is 10.1. The summed E-state index contributed by atoms with van der Waals surface area (Å²) in [7, 11) is -14.5. The van der Waals surface area contributed by atoms with Gasteiger partial charge < -0.3 is 58.3 Å². The number of halogens is 1. The summed E-state index contributed by atoms with van der Waals surface area (Å²) in [5, 5.41) is 22.8. The minimum atomic E-state index is -4.04. The molecule has 624 valence electrons. The Kier molecular flexibility index (Phi) is 32.2. The van der Waals surface area contributed by atoms with Crippen LogP contribution in [0.1, 0.15) is 84.0 Å². The topological polar surface area (TPSA) is 322 Å². The number of aliphatic carboxylic acids is 1. The van der Waals surface area contributed by atoms with E-state index in [0.29, 0.717) is 73.5 Å². The van der Waals surface area contributed by atoms with Gasteiger partial charge in [-0.2, -0.15) is 17.2 Å². The van der Waals surface area contributed by atoms with Crippen molar-refractivity contribution in [1.82, 2.24) is 37.2 Å². The average molecular weight is 1780 g/mol. The maximum atomic E-state index is 13.9. The normalized spacial score (nSPS) is 17.7. The number of sulfonamides is 4. The van der Waals surface area contributed by atoms with E-state index < -0.39 is 75.8 Å². The van der Waals surface area contributed by atoms with E-state index in [9.17, 15) is 53.5 Å². The van der Waals surface area contributed by atoms with Crippen LogP contribution in [0.15, 0.2) is 275 Å². The summed E-state index contributed by atoms with van der Waals surface area (Å²) < 4.78 is 144. The second kappa shape index (κ2) is 41.6. The van der Waals surface area contributed by atoms with E-state index in [-0.39, 0.29) is 132 Å². The molecule has 31 heteroatoms. The van der Waals surface area contributed by atoms with Gasteiger partial charge in [0.15, 0.2) is 0 Å². The third kappa shape index (κ3) is 21.8. The van der Waals surface area contributed by atoms with Crippen LogP contribution >= 0.6 is 0 Å². The number of benzene rings is 8. The fraction of sp³-hybridized carbons (Fsp3) is 0.270. The molecule has 25 nitrogen and oxygen atoms in total. The fourth-order valence-corrected chi connectivity index (χ4v) is 21.9. The number of hydrogen-bond acceptors (Lipinski definition) is 20. The number of ether oxygens (including phenoxy) is 5. The number of esters is 1. The summed E-state index contributed by atoms with van der Waals surface area (Å²) in [5.74, 6) is -1.57. The van der Waals surface area contributed by atoms with Gasteiger partial charge >= 0.3 is 35.0 Å². The molecule has 0 radical (unpaired) electrons. The number of carboxylic acids is 1. The first-order valence-corrected chi connectivity index (χ1v) is 43.7. The Hall–Kier alpha value is -9.23. The van der Waals surface area contributed by atoms with Gasteiger partial charge in [-0.3, -0.25) is 29.5 Å². The van der Waals surface area contributed by atoms with Crippen LogP contribution in [0.5, 0.6) is 0 Å². The molecule has 0 bridgehead atoms. The second-order valence-electron chi connectivity index (χ2n) is 29.2. The third-order valence-electron chi connectivity index (χ3n) is 20.6. The summed E-state index contributed by atoms with van der Waals surface area (Å²) in [5.41, 5.74) is 7.91. The van der Waals surface area contributed by atoms with Gasteiger partial charge in [0, 0.05) is 72.5 Å². The van der Waals surface area contributed by atoms with E-state index in [0.717, 1.165) is 60.7 Å². The van der Waals surface area contributed by atoms with Gasteiger partial charge in [0.2, 0.25) is 40.1 Å². The van der Waals surface area contributed by atoms with Gasteiger partial charge in [-0.05, 0) is 120 Å². The summed E-state index contributed by atoms with van der Waals surface area (Å²) in [4.78, 5) is 41.3. The number of hydrogen-bond donors (Lipinski definition) is 2. The number of para-hydroxylation sites is 4. The molecule has 0 amide bonds. The molecule has 16 rings (SSSR count). The van der Waals surface area contributed by atoms with Crippen LogP contribution in [0.2, 0.25) is 0 Å². The number of pyridine rings is 4. The van der Waals surface area contributed by atoms with Crippen molar-refractivity contribution >= 4 is 119 Å². The largest absolute Gasteiger partial charge is 2.00 e. The van der Waals surface area contributed by atoms with Crippen molar-refractivity contribution in [2.75, 3.05) is 33.5 Å². The molecule has 4 aliphatic heterocycles. The Morgan fingerprint density at radius 2 is 0.675 bits per heavy atom. The van der Waals surface area contributed by atoms with Gasteiger partial charge in [0.05, 0.1) is 125 Å². The predicted octanol–water partition coefficient (Wildman–Crippen LogP) is 10.1. The molecule has 4 aromatic heterocycles. The van der Waals surface area contributed by atoms with E-state index in [4.69, 9.17) is 23.7 Å². The third-order valence-corrected chi connectivity index (χ3v) is 28.3. The SMILES string of the molecule is C=CC[C@@H]1COCc2ccccc2CN1S(=O)(=O)c1cccc2cccnc12.CC(C)(O)C[C@@H]1COCc2ccccc2CN1S(=O)(=O)c1cccc2cccnc12.COC(=O)C[C@@H]1COCc2ccccc2CN1S(=O)(=O)c1cccc2cccnc12.O=C(O)C[C@@H]1COCc2ccccc2CN1S(=O)(=O)c1cccc2cccnc12.[Br-].[CH3-].[Mg+2]. The van der Waals surface area contributed by atoms with Crippen LogP contribution in [-0.4, -0.2) is 179 Å². The van der Waals surface area contributed by atoms with E-state index in [1.807, 2.05) is 133 Å². The second-order valence-corrected chi connectivity index (χ2v) is 36.6. The number of aliphatic hydroxyl groups is 1. The Balaban J connectivity index is 0.000000167. The van der Waals surface area contributed by atoms with Crippen molar-refractivity contribution in [3.05, 3.63) is 308 Å². The monoisotopic (exact) mass is 1780 g/mol. The van der Waals surface area contributed by atoms with Crippen molar-refractivity contribution in [2.45, 2.75) is 141 Å². The van der Waals surface area contributed by atoms with E-state index >= 15 is 0 Å². The molecule has 0 unspecified atom stereocenters. The number of rotatable bonds is 16. The molecular weight excluding hydrogens is 1690 g/mol. The average Bonchev–Trinajstić information content (AvgIpc) is 0.777. The van der Waals surface area contributed by atoms with E-state index in [1.54, 1.807) is 124 Å². The number of carbonyl (C=O) groups is 2. The maximum Gasteiger partial charge on any atom is 2.00 e. The fourth-order valence-electron chi connectivity index (χ4n) is 14.8. The van der Waals surface area contributed by atoms with Crippen LogP contribution in [0.3, 0.4) is 0 Å². The van der Waals surface area contributed by atoms with Crippen LogP contribution in [-0.2, 0) is 126 Å². The molecule has 12 aromatic rings. The van der Waals surface area contributed by atoms with Gasteiger partial charge in [-0.1, -0.05) is 176 Å². The first kappa shape index (κ1) is 93.0. The predicted molar refractivity (Wildman–Crippen MR) is 454 cm³/mol. The number of nitrogens with zero attached hydrogens (tertiary/aromatic N) is 8. The first-order chi connectivity index (χ1) is 56.3. The number of carboxylic acid groups (broad SMARTS) is 1. The van der Waals surface area contributed by atoms with Crippen LogP contribution < -0.4 is 17.0 Å². The molecule has 0 saturated carbocycles. The molecule has 8 aromatic carbocycles. The molecule has 4 atom stereocenters. The van der Waals surface area contributed by atoms with Crippen LogP contribution in [0.4, 0.5) is 0 Å². The van der Waals surface area contributed by atoms with Crippen molar-refractivity contribution < 1.29 is 94.1 Å². The molecule has 0 aliphatic carbocycles. The number of aromatic nitrogens is 4. The molecular formula is C89H93BrMgN8O17S4. The summed E-state index contributed by atoms with van der Waals surface area (Å²) >= 11 is 0. The zero-order valence-corrected chi connectivity index (χ0v) is 73.1. The van der Waals surface area contributed by atoms with E-state index in [1.165, 1.54) is 30.4 Å². The van der Waals surface area contributed by atoms with Crippen molar-refractivity contribution in [1.29, 1.82) is 0 Å². The molecule has 0 spiro atoms. The minimum absolute atomic E-state index is 0. The summed E-state index contributed by atoms with van der Waals surface area (Å²) in [6.07, 6.45) is 8.39. The van der Waals surface area contributed by atoms with E-state index in [2.05, 4.69) is 26.5 Å². The van der Waals surface area contributed by atoms with Crippen LogP contribution in [0.25, 0.3) is 43.6 Å². The Morgan fingerprint density at radius 1 is 0.417 bits per heavy atom. The van der Waals surface area contributed by atoms with Crippen LogP contribution in [0, 0.1) is 7.43 Å². The van der Waals surface area contributed by atoms with Crippen molar-refractivity contribution in [3.8, 4) is 0 Å². The number of fused-ring (bicyclic) bond motifs is 8. The summed E-state index contributed by atoms with van der Waals surface area (Å²) in [6, 6.07) is 63.0. The van der Waals surface area contributed by atoms with Gasteiger partial charge in [-0.15, -0.1) is 6.58 Å². The van der Waals surface area contributed by atoms with Gasteiger partial charge in [0.25, 0.3) is 0 Å². The number of methoxy groups -OCH3 is 1. The zero-order valence-electron chi connectivity index (χ0n) is 66.8. The minimum Gasteiger partial charge on any atom is -1.00 e. The quantitative estimate of drug-likeness (QED) is 0.0393. The van der Waals surface area contributed by atoms with Gasteiger partial charge in [0.1, 0.15) is 19.6 Å². The van der Waals surface area contributed by atoms with Crippen molar-refractivity contribution in [2.24, 2.45) is 0 Å². The zero-order chi connectivity index (χ0) is 82.5. The number of carbonyl (C=O) groups excluding carboxylic acids is 1.